The van der Waals surface area contributed by atoms with Crippen LogP contribution in [0.3, 0.4) is 0 Å². The molecule has 98 valence electrons. The van der Waals surface area contributed by atoms with Crippen molar-refractivity contribution in [1.29, 1.82) is 0 Å². The van der Waals surface area contributed by atoms with Crippen LogP contribution in [-0.4, -0.2) is 44.3 Å². The molecule has 18 heavy (non-hydrogen) atoms. The highest BCUT2D eigenvalue weighted by molar-refractivity contribution is 5.91. The van der Waals surface area contributed by atoms with Crippen molar-refractivity contribution in [2.24, 2.45) is 23.7 Å². The first-order chi connectivity index (χ1) is 8.27. The van der Waals surface area contributed by atoms with Crippen LogP contribution in [0.2, 0.25) is 0 Å². The second-order valence-electron chi connectivity index (χ2n) is 3.84. The molecule has 0 aromatic carbocycles. The molecule has 4 atom stereocenters. The van der Waals surface area contributed by atoms with E-state index in [1.54, 1.807) is 0 Å². The Balaban J connectivity index is 3.30. The molecule has 0 saturated heterocycles. The minimum absolute atomic E-state index is 0.916. The van der Waals surface area contributed by atoms with Gasteiger partial charge in [-0.2, -0.15) is 0 Å². The predicted octanol–water partition coefficient (Wildman–Crippen LogP) is -0.641. The van der Waals surface area contributed by atoms with Crippen molar-refractivity contribution < 1.29 is 39.6 Å². The van der Waals surface area contributed by atoms with E-state index in [2.05, 4.69) is 0 Å². The lowest BCUT2D eigenvalue weighted by molar-refractivity contribution is -0.166. The van der Waals surface area contributed by atoms with Gasteiger partial charge in [0, 0.05) is 0 Å². The van der Waals surface area contributed by atoms with Gasteiger partial charge < -0.3 is 20.4 Å². The number of carboxylic acids is 4. The van der Waals surface area contributed by atoms with E-state index in [-0.39, 0.29) is 0 Å². The van der Waals surface area contributed by atoms with Crippen molar-refractivity contribution >= 4 is 23.9 Å². The van der Waals surface area contributed by atoms with Gasteiger partial charge >= 0.3 is 23.9 Å². The summed E-state index contributed by atoms with van der Waals surface area (Å²) in [6.45, 7) is 0. The first-order valence-corrected chi connectivity index (χ1v) is 4.87. The second-order valence-corrected chi connectivity index (χ2v) is 3.84. The van der Waals surface area contributed by atoms with Crippen molar-refractivity contribution in [2.75, 3.05) is 0 Å². The lowest BCUT2D eigenvalue weighted by Crippen LogP contribution is -2.46. The average molecular weight is 258 g/mol. The van der Waals surface area contributed by atoms with Gasteiger partial charge in [-0.25, -0.2) is 0 Å². The van der Waals surface area contributed by atoms with Gasteiger partial charge in [-0.15, -0.1) is 0 Å². The zero-order chi connectivity index (χ0) is 14.0. The van der Waals surface area contributed by atoms with Crippen LogP contribution in [0.5, 0.6) is 0 Å². The lowest BCUT2D eigenvalue weighted by atomic mass is 9.70. The van der Waals surface area contributed by atoms with Crippen LogP contribution in [0.25, 0.3) is 0 Å². The standard InChI is InChI=1S/C10H10O8/c11-7(12)3-1-2-4(8(13)14)6(10(17)18)5(3)9(15)16/h1-6H,(H,11,12)(H,13,14)(H,15,16)(H,17,18). The molecule has 1 aliphatic rings. The quantitative estimate of drug-likeness (QED) is 0.486. The predicted molar refractivity (Wildman–Crippen MR) is 53.6 cm³/mol. The van der Waals surface area contributed by atoms with E-state index >= 15 is 0 Å². The molecule has 1 aliphatic carbocycles. The molecule has 0 saturated carbocycles. The Morgan fingerprint density at radius 3 is 1.06 bits per heavy atom. The molecular formula is C10H10O8. The molecule has 0 aromatic heterocycles. The van der Waals surface area contributed by atoms with Crippen molar-refractivity contribution in [1.82, 2.24) is 0 Å². The summed E-state index contributed by atoms with van der Waals surface area (Å²) in [5.74, 6) is -13.0. The first-order valence-electron chi connectivity index (χ1n) is 4.87. The van der Waals surface area contributed by atoms with Crippen molar-refractivity contribution in [3.63, 3.8) is 0 Å². The summed E-state index contributed by atoms with van der Waals surface area (Å²) >= 11 is 0. The number of rotatable bonds is 4. The monoisotopic (exact) mass is 258 g/mol. The maximum Gasteiger partial charge on any atom is 0.311 e. The van der Waals surface area contributed by atoms with Gasteiger partial charge in [-0.3, -0.25) is 19.2 Å². The van der Waals surface area contributed by atoms with Crippen molar-refractivity contribution in [3.05, 3.63) is 12.2 Å². The Bertz CT molecular complexity index is 397. The van der Waals surface area contributed by atoms with Crippen LogP contribution >= 0.6 is 0 Å². The molecule has 8 heteroatoms. The first kappa shape index (κ1) is 13.7. The summed E-state index contributed by atoms with van der Waals surface area (Å²) in [7, 11) is 0. The Kier molecular flexibility index (Phi) is 3.70. The molecule has 0 bridgehead atoms. The Morgan fingerprint density at radius 1 is 0.611 bits per heavy atom. The SMILES string of the molecule is O=C(O)C1C=CC(C(=O)O)C(C(=O)O)C1C(=O)O. The molecule has 0 amide bonds. The van der Waals surface area contributed by atoms with Crippen LogP contribution in [0.1, 0.15) is 0 Å². The molecule has 0 aliphatic heterocycles. The van der Waals surface area contributed by atoms with Gasteiger partial charge in [0.05, 0.1) is 23.7 Å². The molecule has 4 N–H and O–H groups in total. The van der Waals surface area contributed by atoms with Crippen LogP contribution in [0.4, 0.5) is 0 Å². The molecule has 4 unspecified atom stereocenters. The van der Waals surface area contributed by atoms with Crippen molar-refractivity contribution in [3.8, 4) is 0 Å². The van der Waals surface area contributed by atoms with E-state index in [0.717, 1.165) is 12.2 Å². The van der Waals surface area contributed by atoms with Crippen LogP contribution in [0, 0.1) is 23.7 Å². The van der Waals surface area contributed by atoms with E-state index in [1.165, 1.54) is 0 Å². The van der Waals surface area contributed by atoms with Gasteiger partial charge in [0.2, 0.25) is 0 Å². The molecule has 0 heterocycles. The third-order valence-electron chi connectivity index (χ3n) is 2.83. The Labute approximate surface area is 100 Å². The molecule has 0 fully saturated rings. The summed E-state index contributed by atoms with van der Waals surface area (Å²) in [6, 6.07) is 0. The average Bonchev–Trinajstić information content (AvgIpc) is 2.26. The maximum atomic E-state index is 11.0. The van der Waals surface area contributed by atoms with Crippen molar-refractivity contribution in [2.45, 2.75) is 0 Å². The number of carboxylic acid groups (broad SMARTS) is 4. The number of carbonyl (C=O) groups is 4. The van der Waals surface area contributed by atoms with Crippen LogP contribution in [-0.2, 0) is 19.2 Å². The van der Waals surface area contributed by atoms with E-state index < -0.39 is 47.5 Å². The number of hydrogen-bond acceptors (Lipinski definition) is 4. The smallest absolute Gasteiger partial charge is 0.311 e. The summed E-state index contributed by atoms with van der Waals surface area (Å²) in [6.07, 6.45) is 1.83. The Hall–Kier alpha value is -2.38. The summed E-state index contributed by atoms with van der Waals surface area (Å²) in [5, 5.41) is 35.5. The molecule has 8 nitrogen and oxygen atoms in total. The zero-order valence-electron chi connectivity index (χ0n) is 8.89. The third kappa shape index (κ3) is 2.31. The fourth-order valence-electron chi connectivity index (χ4n) is 2.01. The molecule has 0 aromatic rings. The normalized spacial score (nSPS) is 30.7. The zero-order valence-corrected chi connectivity index (χ0v) is 8.89. The number of aliphatic carboxylic acids is 4. The molecular weight excluding hydrogens is 248 g/mol. The van der Waals surface area contributed by atoms with Gasteiger partial charge in [0.25, 0.3) is 0 Å². The highest BCUT2D eigenvalue weighted by Gasteiger charge is 2.50. The minimum atomic E-state index is -1.81. The largest absolute Gasteiger partial charge is 0.481 e. The maximum absolute atomic E-state index is 11.0. The highest BCUT2D eigenvalue weighted by Crippen LogP contribution is 2.35. The molecule has 0 radical (unpaired) electrons. The van der Waals surface area contributed by atoms with Crippen LogP contribution < -0.4 is 0 Å². The van der Waals surface area contributed by atoms with Gasteiger partial charge in [0.1, 0.15) is 0 Å². The van der Waals surface area contributed by atoms with E-state index in [4.69, 9.17) is 20.4 Å². The van der Waals surface area contributed by atoms with E-state index in [0.29, 0.717) is 0 Å². The summed E-state index contributed by atoms with van der Waals surface area (Å²) < 4.78 is 0. The third-order valence-corrected chi connectivity index (χ3v) is 2.83. The lowest BCUT2D eigenvalue weighted by Gasteiger charge is -2.30. The van der Waals surface area contributed by atoms with Gasteiger partial charge in [-0.1, -0.05) is 12.2 Å². The van der Waals surface area contributed by atoms with Gasteiger partial charge in [-0.05, 0) is 0 Å². The van der Waals surface area contributed by atoms with Gasteiger partial charge in [0.15, 0.2) is 0 Å². The topological polar surface area (TPSA) is 149 Å². The highest BCUT2D eigenvalue weighted by atomic mass is 16.4. The molecule has 1 rings (SSSR count). The van der Waals surface area contributed by atoms with E-state index in [1.807, 2.05) is 0 Å². The number of hydrogen-bond donors (Lipinski definition) is 4. The Morgan fingerprint density at radius 2 is 0.889 bits per heavy atom. The fraction of sp³-hybridized carbons (Fsp3) is 0.400. The van der Waals surface area contributed by atoms with Crippen LogP contribution in [0.15, 0.2) is 12.2 Å². The van der Waals surface area contributed by atoms with E-state index in [9.17, 15) is 19.2 Å². The summed E-state index contributed by atoms with van der Waals surface area (Å²) in [5.41, 5.74) is 0. The minimum Gasteiger partial charge on any atom is -0.481 e. The summed E-state index contributed by atoms with van der Waals surface area (Å²) in [4.78, 5) is 43.7. The molecule has 0 spiro atoms. The fourth-order valence-corrected chi connectivity index (χ4v) is 2.01. The second kappa shape index (κ2) is 4.86.